The second kappa shape index (κ2) is 5.75. The number of halogens is 3. The van der Waals surface area contributed by atoms with Gasteiger partial charge in [-0.2, -0.15) is 0 Å². The highest BCUT2D eigenvalue weighted by Gasteiger charge is 2.43. The number of fused-ring (bicyclic) bond motifs is 1. The van der Waals surface area contributed by atoms with E-state index >= 15 is 0 Å². The molecule has 0 radical (unpaired) electrons. The molecule has 0 saturated heterocycles. The lowest BCUT2D eigenvalue weighted by Crippen LogP contribution is -2.15. The maximum Gasteiger partial charge on any atom is 0.144 e. The first kappa shape index (κ1) is 15.1. The van der Waals surface area contributed by atoms with Crippen molar-refractivity contribution in [1.82, 2.24) is 9.55 Å². The van der Waals surface area contributed by atoms with Crippen LogP contribution in [0.5, 0.6) is 0 Å². The van der Waals surface area contributed by atoms with E-state index in [0.717, 1.165) is 43.8 Å². The summed E-state index contributed by atoms with van der Waals surface area (Å²) in [6.07, 6.45) is 3.32. The fourth-order valence-electron chi connectivity index (χ4n) is 2.77. The van der Waals surface area contributed by atoms with Crippen LogP contribution in [0.15, 0.2) is 12.1 Å². The van der Waals surface area contributed by atoms with E-state index in [0.29, 0.717) is 11.4 Å². The van der Waals surface area contributed by atoms with Gasteiger partial charge < -0.3 is 9.30 Å². The lowest BCUT2D eigenvalue weighted by Gasteiger charge is -2.17. The molecule has 1 aliphatic rings. The van der Waals surface area contributed by atoms with E-state index in [-0.39, 0.29) is 10.4 Å². The predicted octanol–water partition coefficient (Wildman–Crippen LogP) is 4.38. The van der Waals surface area contributed by atoms with E-state index in [1.165, 1.54) is 6.07 Å². The Kier molecular flexibility index (Phi) is 4.12. The van der Waals surface area contributed by atoms with Crippen LogP contribution in [0.1, 0.15) is 25.1 Å². The van der Waals surface area contributed by atoms with Crippen molar-refractivity contribution in [3.8, 4) is 0 Å². The molecule has 21 heavy (non-hydrogen) atoms. The van der Waals surface area contributed by atoms with Gasteiger partial charge in [-0.1, -0.05) is 11.6 Å². The number of rotatable bonds is 6. The number of imidazole rings is 1. The molecule has 1 saturated carbocycles. The third-order valence-electron chi connectivity index (χ3n) is 4.28. The number of benzene rings is 1. The SMILES string of the molecule is COCCC1(Cn2c(CCl)nc3cc(Cl)c(F)cc32)CC1. The van der Waals surface area contributed by atoms with Gasteiger partial charge in [-0.05, 0) is 30.7 Å². The zero-order chi connectivity index (χ0) is 15.0. The molecule has 0 spiro atoms. The van der Waals surface area contributed by atoms with Crippen LogP contribution in [-0.2, 0) is 17.2 Å². The first-order valence-corrected chi connectivity index (χ1v) is 7.89. The fraction of sp³-hybridized carbons (Fsp3) is 0.533. The standard InChI is InChI=1S/C15H17Cl2FN2O/c1-21-5-4-15(2-3-15)9-20-13-7-11(18)10(17)6-12(13)19-14(20)8-16/h6-7H,2-5,8-9H2,1H3. The van der Waals surface area contributed by atoms with Crippen LogP contribution < -0.4 is 0 Å². The summed E-state index contributed by atoms with van der Waals surface area (Å²) in [6, 6.07) is 3.01. The molecular formula is C15H17Cl2FN2O. The highest BCUT2D eigenvalue weighted by atomic mass is 35.5. The van der Waals surface area contributed by atoms with Gasteiger partial charge in [0.2, 0.25) is 0 Å². The Morgan fingerprint density at radius 2 is 2.19 bits per heavy atom. The minimum Gasteiger partial charge on any atom is -0.385 e. The van der Waals surface area contributed by atoms with Gasteiger partial charge >= 0.3 is 0 Å². The molecule has 1 aromatic heterocycles. The van der Waals surface area contributed by atoms with Crippen molar-refractivity contribution in [3.05, 3.63) is 28.8 Å². The number of alkyl halides is 1. The highest BCUT2D eigenvalue weighted by Crippen LogP contribution is 2.50. The van der Waals surface area contributed by atoms with Gasteiger partial charge in [0.15, 0.2) is 0 Å². The number of methoxy groups -OCH3 is 1. The van der Waals surface area contributed by atoms with Crippen LogP contribution in [-0.4, -0.2) is 23.3 Å². The summed E-state index contributed by atoms with van der Waals surface area (Å²) in [5.41, 5.74) is 1.69. The van der Waals surface area contributed by atoms with E-state index < -0.39 is 5.82 Å². The molecule has 0 bridgehead atoms. The fourth-order valence-corrected chi connectivity index (χ4v) is 3.13. The lowest BCUT2D eigenvalue weighted by molar-refractivity contribution is 0.167. The normalized spacial score (nSPS) is 16.6. The van der Waals surface area contributed by atoms with E-state index in [2.05, 4.69) is 4.98 Å². The van der Waals surface area contributed by atoms with Crippen molar-refractivity contribution in [2.75, 3.05) is 13.7 Å². The van der Waals surface area contributed by atoms with Crippen molar-refractivity contribution in [2.45, 2.75) is 31.7 Å². The predicted molar refractivity (Wildman–Crippen MR) is 82.4 cm³/mol. The Balaban J connectivity index is 1.98. The average molecular weight is 331 g/mol. The van der Waals surface area contributed by atoms with Crippen molar-refractivity contribution in [1.29, 1.82) is 0 Å². The van der Waals surface area contributed by atoms with Crippen molar-refractivity contribution >= 4 is 34.2 Å². The lowest BCUT2D eigenvalue weighted by atomic mass is 10.0. The number of aromatic nitrogens is 2. The highest BCUT2D eigenvalue weighted by molar-refractivity contribution is 6.31. The van der Waals surface area contributed by atoms with Gasteiger partial charge in [-0.3, -0.25) is 0 Å². The Bertz CT molecular complexity index is 667. The van der Waals surface area contributed by atoms with Gasteiger partial charge in [-0.25, -0.2) is 9.37 Å². The number of ether oxygens (including phenoxy) is 1. The molecule has 0 unspecified atom stereocenters. The molecule has 0 amide bonds. The van der Waals surface area contributed by atoms with Gasteiger partial charge in [0.25, 0.3) is 0 Å². The Labute approximate surface area is 133 Å². The molecule has 1 aliphatic carbocycles. The average Bonchev–Trinajstić information content (AvgIpc) is 3.16. The monoisotopic (exact) mass is 330 g/mol. The molecule has 1 fully saturated rings. The summed E-state index contributed by atoms with van der Waals surface area (Å²) in [7, 11) is 1.71. The van der Waals surface area contributed by atoms with Crippen molar-refractivity contribution in [2.24, 2.45) is 5.41 Å². The quantitative estimate of drug-likeness (QED) is 0.734. The van der Waals surface area contributed by atoms with E-state index in [1.54, 1.807) is 13.2 Å². The number of hydrogen-bond donors (Lipinski definition) is 0. The van der Waals surface area contributed by atoms with Crippen LogP contribution in [0.3, 0.4) is 0 Å². The summed E-state index contributed by atoms with van der Waals surface area (Å²) in [4.78, 5) is 4.47. The first-order chi connectivity index (χ1) is 10.1. The van der Waals surface area contributed by atoms with E-state index in [9.17, 15) is 4.39 Å². The van der Waals surface area contributed by atoms with E-state index in [4.69, 9.17) is 27.9 Å². The van der Waals surface area contributed by atoms with Gasteiger partial charge in [-0.15, -0.1) is 11.6 Å². The zero-order valence-corrected chi connectivity index (χ0v) is 13.3. The summed E-state index contributed by atoms with van der Waals surface area (Å²) >= 11 is 11.8. The third-order valence-corrected chi connectivity index (χ3v) is 4.80. The Morgan fingerprint density at radius 3 is 2.81 bits per heavy atom. The zero-order valence-electron chi connectivity index (χ0n) is 11.8. The molecule has 6 heteroatoms. The molecule has 1 aromatic carbocycles. The second-order valence-electron chi connectivity index (χ2n) is 5.75. The summed E-state index contributed by atoms with van der Waals surface area (Å²) in [5, 5.41) is 0.0915. The van der Waals surface area contributed by atoms with Crippen LogP contribution >= 0.6 is 23.2 Å². The van der Waals surface area contributed by atoms with E-state index in [1.807, 2.05) is 4.57 Å². The van der Waals surface area contributed by atoms with Crippen LogP contribution in [0, 0.1) is 11.2 Å². The smallest absolute Gasteiger partial charge is 0.144 e. The molecule has 3 rings (SSSR count). The topological polar surface area (TPSA) is 27.1 Å². The Hall–Kier alpha value is -0.840. The largest absolute Gasteiger partial charge is 0.385 e. The van der Waals surface area contributed by atoms with Crippen molar-refractivity contribution in [3.63, 3.8) is 0 Å². The van der Waals surface area contributed by atoms with Crippen molar-refractivity contribution < 1.29 is 9.13 Å². The number of nitrogens with zero attached hydrogens (tertiary/aromatic N) is 2. The van der Waals surface area contributed by atoms with Crippen LogP contribution in [0.4, 0.5) is 4.39 Å². The first-order valence-electron chi connectivity index (χ1n) is 6.98. The maximum absolute atomic E-state index is 13.8. The van der Waals surface area contributed by atoms with Crippen LogP contribution in [0.25, 0.3) is 11.0 Å². The Morgan fingerprint density at radius 1 is 1.43 bits per heavy atom. The molecule has 0 aliphatic heterocycles. The third kappa shape index (κ3) is 2.89. The molecule has 1 heterocycles. The molecule has 0 N–H and O–H groups in total. The second-order valence-corrected chi connectivity index (χ2v) is 6.42. The van der Waals surface area contributed by atoms with Gasteiger partial charge in [0.1, 0.15) is 11.6 Å². The summed E-state index contributed by atoms with van der Waals surface area (Å²) in [5.74, 6) is 0.638. The molecular weight excluding hydrogens is 314 g/mol. The summed E-state index contributed by atoms with van der Waals surface area (Å²) in [6.45, 7) is 1.54. The maximum atomic E-state index is 13.8. The van der Waals surface area contributed by atoms with Crippen LogP contribution in [0.2, 0.25) is 5.02 Å². The summed E-state index contributed by atoms with van der Waals surface area (Å²) < 4.78 is 21.0. The molecule has 2 aromatic rings. The van der Waals surface area contributed by atoms with Gasteiger partial charge in [0.05, 0.1) is 21.9 Å². The number of hydrogen-bond acceptors (Lipinski definition) is 2. The van der Waals surface area contributed by atoms with Gasteiger partial charge in [0, 0.05) is 26.3 Å². The minimum absolute atomic E-state index is 0.0915. The molecule has 114 valence electrons. The minimum atomic E-state index is -0.423. The molecule has 0 atom stereocenters. The molecule has 3 nitrogen and oxygen atoms in total.